The first-order chi connectivity index (χ1) is 8.84. The molecule has 0 aromatic heterocycles. The zero-order valence-corrected chi connectivity index (χ0v) is 11.1. The van der Waals surface area contributed by atoms with E-state index < -0.39 is 0 Å². The standard InChI is InChI=1S/C14H17FN2S/c15-9-6-10-11-8-16-3-2-12(11)17-4-1-5-18-13(7-9)14(10)17/h6-7,11-12,16H,1-5,8H2. The highest BCUT2D eigenvalue weighted by molar-refractivity contribution is 7.99. The van der Waals surface area contributed by atoms with Gasteiger partial charge in [-0.2, -0.15) is 0 Å². The van der Waals surface area contributed by atoms with Crippen LogP contribution in [0.2, 0.25) is 0 Å². The van der Waals surface area contributed by atoms with Crippen LogP contribution in [0.15, 0.2) is 17.0 Å². The Balaban J connectivity index is 1.90. The number of hydrogen-bond donors (Lipinski definition) is 1. The molecule has 0 aliphatic carbocycles. The number of hydrogen-bond acceptors (Lipinski definition) is 3. The van der Waals surface area contributed by atoms with Gasteiger partial charge in [-0.1, -0.05) is 0 Å². The van der Waals surface area contributed by atoms with Crippen molar-refractivity contribution in [3.8, 4) is 0 Å². The van der Waals surface area contributed by atoms with E-state index in [9.17, 15) is 4.39 Å². The topological polar surface area (TPSA) is 15.3 Å². The SMILES string of the molecule is Fc1cc2c3c(c1)C1CNCCC1N3CCCS2. The third kappa shape index (κ3) is 1.51. The summed E-state index contributed by atoms with van der Waals surface area (Å²) in [6, 6.07) is 4.10. The van der Waals surface area contributed by atoms with Crippen LogP contribution in [0.25, 0.3) is 0 Å². The second-order valence-corrected chi connectivity index (χ2v) is 6.54. The number of benzene rings is 1. The lowest BCUT2D eigenvalue weighted by Crippen LogP contribution is -2.44. The Morgan fingerprint density at radius 3 is 3.28 bits per heavy atom. The van der Waals surface area contributed by atoms with Crippen molar-refractivity contribution in [2.45, 2.75) is 29.7 Å². The van der Waals surface area contributed by atoms with Gasteiger partial charge in [-0.3, -0.25) is 0 Å². The number of nitrogens with one attached hydrogen (secondary N) is 1. The van der Waals surface area contributed by atoms with Gasteiger partial charge in [0.1, 0.15) is 5.82 Å². The molecule has 0 saturated carbocycles. The van der Waals surface area contributed by atoms with Gasteiger partial charge in [0.2, 0.25) is 0 Å². The summed E-state index contributed by atoms with van der Waals surface area (Å²) in [5, 5.41) is 3.46. The Hall–Kier alpha value is -0.740. The monoisotopic (exact) mass is 264 g/mol. The minimum Gasteiger partial charge on any atom is -0.367 e. The first kappa shape index (κ1) is 11.1. The fourth-order valence-electron chi connectivity index (χ4n) is 3.69. The van der Waals surface area contributed by atoms with Crippen LogP contribution in [0, 0.1) is 5.82 Å². The smallest absolute Gasteiger partial charge is 0.124 e. The molecular weight excluding hydrogens is 247 g/mol. The Morgan fingerprint density at radius 2 is 2.33 bits per heavy atom. The lowest BCUT2D eigenvalue weighted by atomic mass is 9.90. The van der Waals surface area contributed by atoms with Gasteiger partial charge in [0, 0.05) is 29.9 Å². The molecule has 3 aliphatic heterocycles. The highest BCUT2D eigenvalue weighted by atomic mass is 32.2. The Labute approximate surface area is 111 Å². The number of anilines is 1. The molecule has 2 nitrogen and oxygen atoms in total. The molecule has 3 aliphatic rings. The first-order valence-corrected chi connectivity index (χ1v) is 7.77. The molecular formula is C14H17FN2S. The lowest BCUT2D eigenvalue weighted by molar-refractivity contribution is 0.402. The lowest BCUT2D eigenvalue weighted by Gasteiger charge is -2.33. The van der Waals surface area contributed by atoms with Crippen LogP contribution >= 0.6 is 11.8 Å². The second-order valence-electron chi connectivity index (χ2n) is 5.40. The minimum atomic E-state index is -0.0654. The van der Waals surface area contributed by atoms with Gasteiger partial charge >= 0.3 is 0 Å². The molecule has 2 unspecified atom stereocenters. The predicted molar refractivity (Wildman–Crippen MR) is 73.1 cm³/mol. The van der Waals surface area contributed by atoms with Crippen LogP contribution in [0.4, 0.5) is 10.1 Å². The van der Waals surface area contributed by atoms with Crippen LogP contribution in [-0.4, -0.2) is 31.4 Å². The molecule has 96 valence electrons. The van der Waals surface area contributed by atoms with E-state index in [-0.39, 0.29) is 5.82 Å². The van der Waals surface area contributed by atoms with E-state index in [0.717, 1.165) is 30.3 Å². The summed E-state index contributed by atoms with van der Waals surface area (Å²) in [5.74, 6) is 1.54. The van der Waals surface area contributed by atoms with Crippen LogP contribution in [0.3, 0.4) is 0 Å². The summed E-state index contributed by atoms with van der Waals surface area (Å²) in [7, 11) is 0. The fraction of sp³-hybridized carbons (Fsp3) is 0.571. The summed E-state index contributed by atoms with van der Waals surface area (Å²) in [5.41, 5.74) is 2.59. The molecule has 4 rings (SSSR count). The normalized spacial score (nSPS) is 29.7. The van der Waals surface area contributed by atoms with Crippen molar-refractivity contribution in [3.05, 3.63) is 23.5 Å². The first-order valence-electron chi connectivity index (χ1n) is 6.78. The van der Waals surface area contributed by atoms with E-state index >= 15 is 0 Å². The van der Waals surface area contributed by atoms with E-state index in [1.165, 1.54) is 24.1 Å². The molecule has 1 saturated heterocycles. The number of nitrogens with zero attached hydrogens (tertiary/aromatic N) is 1. The molecule has 0 radical (unpaired) electrons. The highest BCUT2D eigenvalue weighted by Gasteiger charge is 2.41. The molecule has 1 aromatic rings. The number of fused-ring (bicyclic) bond motifs is 3. The van der Waals surface area contributed by atoms with Gasteiger partial charge in [-0.25, -0.2) is 4.39 Å². The highest BCUT2D eigenvalue weighted by Crippen LogP contribution is 2.49. The van der Waals surface area contributed by atoms with E-state index in [1.54, 1.807) is 12.1 Å². The maximum absolute atomic E-state index is 13.8. The van der Waals surface area contributed by atoms with Gasteiger partial charge in [0.25, 0.3) is 0 Å². The Bertz CT molecular complexity index is 491. The molecule has 1 fully saturated rings. The van der Waals surface area contributed by atoms with Crippen molar-refractivity contribution in [2.24, 2.45) is 0 Å². The van der Waals surface area contributed by atoms with Crippen molar-refractivity contribution in [2.75, 3.05) is 30.3 Å². The number of halogens is 1. The van der Waals surface area contributed by atoms with Crippen molar-refractivity contribution in [1.29, 1.82) is 0 Å². The van der Waals surface area contributed by atoms with Gasteiger partial charge in [-0.15, -0.1) is 11.8 Å². The van der Waals surface area contributed by atoms with Crippen LogP contribution in [0.1, 0.15) is 24.3 Å². The maximum atomic E-state index is 13.8. The predicted octanol–water partition coefficient (Wildman–Crippen LogP) is 2.59. The summed E-state index contributed by atoms with van der Waals surface area (Å²) in [6.07, 6.45) is 2.39. The van der Waals surface area contributed by atoms with Crippen molar-refractivity contribution in [3.63, 3.8) is 0 Å². The van der Waals surface area contributed by atoms with Crippen molar-refractivity contribution >= 4 is 17.4 Å². The second kappa shape index (κ2) is 4.14. The molecule has 4 heteroatoms. The molecule has 3 heterocycles. The zero-order valence-electron chi connectivity index (χ0n) is 10.3. The zero-order chi connectivity index (χ0) is 12.1. The third-order valence-electron chi connectivity index (χ3n) is 4.40. The van der Waals surface area contributed by atoms with E-state index in [2.05, 4.69) is 10.2 Å². The van der Waals surface area contributed by atoms with Crippen LogP contribution < -0.4 is 10.2 Å². The van der Waals surface area contributed by atoms with Crippen LogP contribution in [-0.2, 0) is 0 Å². The molecule has 18 heavy (non-hydrogen) atoms. The fourth-order valence-corrected chi connectivity index (χ4v) is 4.75. The number of piperidine rings is 1. The molecule has 1 N–H and O–H groups in total. The van der Waals surface area contributed by atoms with E-state index in [4.69, 9.17) is 0 Å². The summed E-state index contributed by atoms with van der Waals surface area (Å²) >= 11 is 1.83. The van der Waals surface area contributed by atoms with Crippen molar-refractivity contribution in [1.82, 2.24) is 5.32 Å². The molecule has 1 aromatic carbocycles. The van der Waals surface area contributed by atoms with Crippen molar-refractivity contribution < 1.29 is 4.39 Å². The number of thioether (sulfide) groups is 1. The molecule has 0 bridgehead atoms. The van der Waals surface area contributed by atoms with Gasteiger partial charge < -0.3 is 10.2 Å². The largest absolute Gasteiger partial charge is 0.367 e. The summed E-state index contributed by atoms with van der Waals surface area (Å²) in [6.45, 7) is 3.23. The van der Waals surface area contributed by atoms with E-state index in [0.29, 0.717) is 12.0 Å². The van der Waals surface area contributed by atoms with E-state index in [1.807, 2.05) is 11.8 Å². The quantitative estimate of drug-likeness (QED) is 0.775. The number of rotatable bonds is 0. The van der Waals surface area contributed by atoms with Crippen LogP contribution in [0.5, 0.6) is 0 Å². The third-order valence-corrected chi connectivity index (χ3v) is 5.52. The summed E-state index contributed by atoms with van der Waals surface area (Å²) in [4.78, 5) is 3.73. The van der Waals surface area contributed by atoms with Gasteiger partial charge in [0.15, 0.2) is 0 Å². The average molecular weight is 264 g/mol. The Kier molecular flexibility index (Phi) is 2.55. The molecule has 2 atom stereocenters. The Morgan fingerprint density at radius 1 is 1.39 bits per heavy atom. The maximum Gasteiger partial charge on any atom is 0.124 e. The summed E-state index contributed by atoms with van der Waals surface area (Å²) < 4.78 is 13.8. The average Bonchev–Trinajstić information content (AvgIpc) is 2.55. The molecule has 0 amide bonds. The van der Waals surface area contributed by atoms with Gasteiger partial charge in [0.05, 0.1) is 5.69 Å². The van der Waals surface area contributed by atoms with Gasteiger partial charge in [-0.05, 0) is 42.8 Å². The molecule has 0 spiro atoms. The minimum absolute atomic E-state index is 0.0654.